The van der Waals surface area contributed by atoms with Crippen LogP contribution in [-0.4, -0.2) is 16.6 Å². The van der Waals surface area contributed by atoms with Gasteiger partial charge in [0.2, 0.25) is 5.91 Å². The Kier molecular flexibility index (Phi) is 5.87. The van der Waals surface area contributed by atoms with Gasteiger partial charge in [0.05, 0.1) is 22.0 Å². The summed E-state index contributed by atoms with van der Waals surface area (Å²) in [6.45, 7) is 7.59. The third kappa shape index (κ3) is 4.28. The number of halogens is 1. The van der Waals surface area contributed by atoms with Crippen LogP contribution in [0.3, 0.4) is 0 Å². The molecule has 0 aliphatic carbocycles. The minimum atomic E-state index is -0.182. The normalized spacial score (nSPS) is 10.3. The van der Waals surface area contributed by atoms with Crippen molar-refractivity contribution in [1.29, 1.82) is 5.26 Å². The smallest absolute Gasteiger partial charge is 0.234 e. The molecule has 1 heterocycles. The minimum absolute atomic E-state index is 0.161. The lowest BCUT2D eigenvalue weighted by Crippen LogP contribution is -2.15. The molecule has 4 nitrogen and oxygen atoms in total. The van der Waals surface area contributed by atoms with E-state index in [-0.39, 0.29) is 11.7 Å². The summed E-state index contributed by atoms with van der Waals surface area (Å²) in [7, 11) is 0. The molecule has 0 aliphatic rings. The summed E-state index contributed by atoms with van der Waals surface area (Å²) in [6, 6.07) is 7.79. The van der Waals surface area contributed by atoms with Crippen molar-refractivity contribution >= 4 is 35.0 Å². The minimum Gasteiger partial charge on any atom is -0.324 e. The first kappa shape index (κ1) is 18.3. The molecule has 0 unspecified atom stereocenters. The first-order valence-corrected chi connectivity index (χ1v) is 8.76. The highest BCUT2D eigenvalue weighted by atomic mass is 35.5. The zero-order valence-electron chi connectivity index (χ0n) is 14.0. The van der Waals surface area contributed by atoms with E-state index in [0.717, 1.165) is 22.4 Å². The summed E-state index contributed by atoms with van der Waals surface area (Å²) in [5.41, 5.74) is 4.80. The molecule has 0 saturated carbocycles. The van der Waals surface area contributed by atoms with Crippen LogP contribution < -0.4 is 5.32 Å². The summed E-state index contributed by atoms with van der Waals surface area (Å²) >= 11 is 7.46. The molecule has 0 saturated heterocycles. The van der Waals surface area contributed by atoms with Gasteiger partial charge in [0.1, 0.15) is 11.1 Å². The highest BCUT2D eigenvalue weighted by Crippen LogP contribution is 2.28. The Bertz CT molecular complexity index is 820. The average molecular weight is 360 g/mol. The number of nitrogens with one attached hydrogen (secondary N) is 1. The number of hydrogen-bond donors (Lipinski definition) is 1. The van der Waals surface area contributed by atoms with Crippen molar-refractivity contribution in [2.24, 2.45) is 0 Å². The molecule has 124 valence electrons. The Morgan fingerprint density at radius 3 is 2.58 bits per heavy atom. The van der Waals surface area contributed by atoms with Gasteiger partial charge in [-0.1, -0.05) is 29.4 Å². The highest BCUT2D eigenvalue weighted by molar-refractivity contribution is 8.00. The first-order valence-electron chi connectivity index (χ1n) is 7.39. The molecule has 0 spiro atoms. The van der Waals surface area contributed by atoms with Crippen molar-refractivity contribution in [3.63, 3.8) is 0 Å². The van der Waals surface area contributed by atoms with Crippen molar-refractivity contribution < 1.29 is 4.79 Å². The highest BCUT2D eigenvalue weighted by Gasteiger charge is 2.13. The molecular weight excluding hydrogens is 342 g/mol. The lowest BCUT2D eigenvalue weighted by Gasteiger charge is -2.12. The van der Waals surface area contributed by atoms with E-state index in [1.165, 1.54) is 11.8 Å². The van der Waals surface area contributed by atoms with Crippen LogP contribution in [0, 0.1) is 39.0 Å². The van der Waals surface area contributed by atoms with Crippen LogP contribution in [0.1, 0.15) is 27.9 Å². The van der Waals surface area contributed by atoms with Gasteiger partial charge in [0.25, 0.3) is 0 Å². The van der Waals surface area contributed by atoms with Crippen molar-refractivity contribution in [2.45, 2.75) is 32.7 Å². The molecule has 0 aliphatic heterocycles. The summed E-state index contributed by atoms with van der Waals surface area (Å²) < 4.78 is 0. The molecule has 0 radical (unpaired) electrons. The molecule has 1 aromatic heterocycles. The fourth-order valence-electron chi connectivity index (χ4n) is 2.43. The molecule has 2 aromatic rings. The van der Waals surface area contributed by atoms with E-state index in [1.54, 1.807) is 0 Å². The molecule has 6 heteroatoms. The maximum Gasteiger partial charge on any atom is 0.234 e. The van der Waals surface area contributed by atoms with Gasteiger partial charge in [0, 0.05) is 5.69 Å². The van der Waals surface area contributed by atoms with E-state index in [0.29, 0.717) is 21.3 Å². The number of amides is 1. The van der Waals surface area contributed by atoms with Gasteiger partial charge < -0.3 is 5.32 Å². The van der Waals surface area contributed by atoms with E-state index in [4.69, 9.17) is 11.6 Å². The number of aryl methyl sites for hydroxylation is 4. The SMILES string of the molecule is Cc1cc(C)c(NC(=O)CSc2nc(C)cc(C)c2C#N)c(Cl)c1. The number of benzene rings is 1. The zero-order valence-corrected chi connectivity index (χ0v) is 15.6. The van der Waals surface area contributed by atoms with Gasteiger partial charge in [-0.05, 0) is 56.5 Å². The number of nitriles is 1. The zero-order chi connectivity index (χ0) is 17.9. The number of anilines is 1. The van der Waals surface area contributed by atoms with Crippen LogP contribution in [0.2, 0.25) is 5.02 Å². The van der Waals surface area contributed by atoms with E-state index in [9.17, 15) is 10.1 Å². The lowest BCUT2D eigenvalue weighted by molar-refractivity contribution is -0.113. The molecule has 0 bridgehead atoms. The van der Waals surface area contributed by atoms with Crippen molar-refractivity contribution in [3.8, 4) is 6.07 Å². The maximum absolute atomic E-state index is 12.2. The maximum atomic E-state index is 12.2. The van der Waals surface area contributed by atoms with E-state index >= 15 is 0 Å². The molecule has 1 amide bonds. The van der Waals surface area contributed by atoms with Gasteiger partial charge in [-0.25, -0.2) is 4.98 Å². The molecule has 24 heavy (non-hydrogen) atoms. The van der Waals surface area contributed by atoms with Crippen molar-refractivity contribution in [3.05, 3.63) is 51.2 Å². The molecular formula is C18H18ClN3OS. The second-order valence-corrected chi connectivity index (χ2v) is 7.02. The van der Waals surface area contributed by atoms with Crippen LogP contribution in [0.5, 0.6) is 0 Å². The molecule has 0 atom stereocenters. The predicted molar refractivity (Wildman–Crippen MR) is 98.7 cm³/mol. The van der Waals surface area contributed by atoms with Crippen LogP contribution in [-0.2, 0) is 4.79 Å². The molecule has 0 fully saturated rings. The summed E-state index contributed by atoms with van der Waals surface area (Å²) in [5, 5.41) is 13.2. The van der Waals surface area contributed by atoms with Crippen molar-refractivity contribution in [1.82, 2.24) is 4.98 Å². The largest absolute Gasteiger partial charge is 0.324 e. The second-order valence-electron chi connectivity index (χ2n) is 5.65. The summed E-state index contributed by atoms with van der Waals surface area (Å²) in [6.07, 6.45) is 0. The van der Waals surface area contributed by atoms with Crippen LogP contribution in [0.4, 0.5) is 5.69 Å². The van der Waals surface area contributed by atoms with Gasteiger partial charge in [-0.2, -0.15) is 5.26 Å². The number of carbonyl (C=O) groups excluding carboxylic acids is 1. The predicted octanol–water partition coefficient (Wildman–Crippen LogP) is 4.57. The van der Waals surface area contributed by atoms with E-state index in [2.05, 4.69) is 16.4 Å². The van der Waals surface area contributed by atoms with Crippen LogP contribution in [0.15, 0.2) is 23.2 Å². The van der Waals surface area contributed by atoms with Gasteiger partial charge in [0.15, 0.2) is 0 Å². The monoisotopic (exact) mass is 359 g/mol. The number of thioether (sulfide) groups is 1. The standard InChI is InChI=1S/C18H18ClN3OS/c1-10-5-12(3)17(15(19)6-10)22-16(23)9-24-18-14(8-20)11(2)7-13(4)21-18/h5-7H,9H2,1-4H3,(H,22,23). The average Bonchev–Trinajstić information content (AvgIpc) is 2.48. The topological polar surface area (TPSA) is 65.8 Å². The number of carbonyl (C=O) groups is 1. The summed E-state index contributed by atoms with van der Waals surface area (Å²) in [5.74, 6) is -0.0208. The number of nitrogens with zero attached hydrogens (tertiary/aromatic N) is 2. The number of pyridine rings is 1. The summed E-state index contributed by atoms with van der Waals surface area (Å²) in [4.78, 5) is 16.6. The number of aromatic nitrogens is 1. The van der Waals surface area contributed by atoms with E-state index in [1.807, 2.05) is 45.9 Å². The second kappa shape index (κ2) is 7.69. The lowest BCUT2D eigenvalue weighted by atomic mass is 10.1. The van der Waals surface area contributed by atoms with Crippen LogP contribution >= 0.6 is 23.4 Å². The molecule has 1 N–H and O–H groups in total. The number of hydrogen-bond acceptors (Lipinski definition) is 4. The van der Waals surface area contributed by atoms with Crippen LogP contribution in [0.25, 0.3) is 0 Å². The Balaban J connectivity index is 2.12. The quantitative estimate of drug-likeness (QED) is 0.812. The molecule has 2 rings (SSSR count). The van der Waals surface area contributed by atoms with Crippen molar-refractivity contribution in [2.75, 3.05) is 11.1 Å². The third-order valence-electron chi connectivity index (χ3n) is 3.46. The third-order valence-corrected chi connectivity index (χ3v) is 4.73. The molecule has 1 aromatic carbocycles. The fourth-order valence-corrected chi connectivity index (χ4v) is 3.69. The Hall–Kier alpha value is -2.03. The Morgan fingerprint density at radius 1 is 1.25 bits per heavy atom. The van der Waals surface area contributed by atoms with E-state index < -0.39 is 0 Å². The number of rotatable bonds is 4. The fraction of sp³-hybridized carbons (Fsp3) is 0.278. The Morgan fingerprint density at radius 2 is 1.96 bits per heavy atom. The van der Waals surface area contributed by atoms with Gasteiger partial charge in [-0.3, -0.25) is 4.79 Å². The Labute approximate surface area is 151 Å². The van der Waals surface area contributed by atoms with Gasteiger partial charge in [-0.15, -0.1) is 0 Å². The van der Waals surface area contributed by atoms with Gasteiger partial charge >= 0.3 is 0 Å². The first-order chi connectivity index (χ1) is 11.3.